The molecule has 0 aliphatic heterocycles. The zero-order valence-electron chi connectivity index (χ0n) is 11.2. The summed E-state index contributed by atoms with van der Waals surface area (Å²) in [5.74, 6) is -1.11. The van der Waals surface area contributed by atoms with Crippen LogP contribution in [0.3, 0.4) is 0 Å². The lowest BCUT2D eigenvalue weighted by Crippen LogP contribution is -2.40. The number of nitrogens with zero attached hydrogens (tertiary/aromatic N) is 1. The molecule has 0 aromatic carbocycles. The lowest BCUT2D eigenvalue weighted by atomic mass is 10.1. The molecule has 1 aromatic rings. The van der Waals surface area contributed by atoms with Crippen LogP contribution in [-0.4, -0.2) is 29.6 Å². The van der Waals surface area contributed by atoms with E-state index in [4.69, 9.17) is 5.11 Å². The van der Waals surface area contributed by atoms with Crippen molar-refractivity contribution in [2.45, 2.75) is 50.1 Å². The Bertz CT molecular complexity index is 606. The summed E-state index contributed by atoms with van der Waals surface area (Å²) in [4.78, 5) is 11.1. The van der Waals surface area contributed by atoms with Gasteiger partial charge in [0, 0.05) is 17.8 Å². The van der Waals surface area contributed by atoms with Gasteiger partial charge in [0.1, 0.15) is 10.6 Å². The average Bonchev–Trinajstić information content (AvgIpc) is 2.92. The first-order valence-electron chi connectivity index (χ1n) is 6.09. The molecule has 7 heteroatoms. The number of carboxylic acids is 1. The molecule has 0 atom stereocenters. The van der Waals surface area contributed by atoms with Gasteiger partial charge in [-0.2, -0.15) is 0 Å². The zero-order valence-corrected chi connectivity index (χ0v) is 12.0. The van der Waals surface area contributed by atoms with E-state index in [0.29, 0.717) is 0 Å². The Labute approximate surface area is 112 Å². The summed E-state index contributed by atoms with van der Waals surface area (Å²) < 4.78 is 28.4. The first kappa shape index (κ1) is 14.1. The van der Waals surface area contributed by atoms with Crippen LogP contribution in [-0.2, 0) is 10.0 Å². The van der Waals surface area contributed by atoms with E-state index in [9.17, 15) is 13.2 Å². The molecule has 1 aliphatic carbocycles. The number of sulfonamides is 1. The number of hydrogen-bond donors (Lipinski definition) is 2. The predicted molar refractivity (Wildman–Crippen MR) is 69.7 cm³/mol. The zero-order chi connectivity index (χ0) is 14.4. The summed E-state index contributed by atoms with van der Waals surface area (Å²) >= 11 is 0. The molecule has 106 valence electrons. The summed E-state index contributed by atoms with van der Waals surface area (Å²) in [5, 5.41) is 9.12. The summed E-state index contributed by atoms with van der Waals surface area (Å²) in [7, 11) is -3.69. The SMILES string of the molecule is CC(C)(C)NS(=O)(=O)c1cc(C(=O)O)n(C2CC2)c1. The van der Waals surface area contributed by atoms with Gasteiger partial charge in [-0.25, -0.2) is 17.9 Å². The average molecular weight is 286 g/mol. The van der Waals surface area contributed by atoms with Crippen LogP contribution < -0.4 is 4.72 Å². The van der Waals surface area contributed by atoms with Crippen LogP contribution >= 0.6 is 0 Å². The first-order chi connectivity index (χ1) is 8.60. The van der Waals surface area contributed by atoms with Crippen molar-refractivity contribution in [2.75, 3.05) is 0 Å². The van der Waals surface area contributed by atoms with Crippen LogP contribution in [0.1, 0.15) is 50.1 Å². The molecule has 0 amide bonds. The van der Waals surface area contributed by atoms with Crippen LogP contribution in [0.15, 0.2) is 17.2 Å². The van der Waals surface area contributed by atoms with Crippen molar-refractivity contribution in [3.05, 3.63) is 18.0 Å². The molecule has 6 nitrogen and oxygen atoms in total. The maximum atomic E-state index is 12.2. The van der Waals surface area contributed by atoms with Gasteiger partial charge >= 0.3 is 5.97 Å². The third-order valence-corrected chi connectivity index (χ3v) is 4.46. The monoisotopic (exact) mass is 286 g/mol. The molecule has 2 rings (SSSR count). The minimum atomic E-state index is -3.69. The summed E-state index contributed by atoms with van der Waals surface area (Å²) in [6.45, 7) is 5.21. The van der Waals surface area contributed by atoms with Gasteiger partial charge in [-0.05, 0) is 39.7 Å². The second kappa shape index (κ2) is 4.35. The Balaban J connectivity index is 2.40. The fraction of sp³-hybridized carbons (Fsp3) is 0.583. The van der Waals surface area contributed by atoms with Crippen LogP contribution in [0.2, 0.25) is 0 Å². The molecule has 1 saturated carbocycles. The van der Waals surface area contributed by atoms with Gasteiger partial charge in [-0.15, -0.1) is 0 Å². The lowest BCUT2D eigenvalue weighted by Gasteiger charge is -2.19. The Kier molecular flexibility index (Phi) is 3.22. The minimum absolute atomic E-state index is 0.00623. The van der Waals surface area contributed by atoms with E-state index in [1.54, 1.807) is 25.3 Å². The van der Waals surface area contributed by atoms with Crippen molar-refractivity contribution < 1.29 is 18.3 Å². The molecule has 19 heavy (non-hydrogen) atoms. The largest absolute Gasteiger partial charge is 0.477 e. The van der Waals surface area contributed by atoms with Gasteiger partial charge < -0.3 is 9.67 Å². The van der Waals surface area contributed by atoms with Crippen LogP contribution in [0.5, 0.6) is 0 Å². The Morgan fingerprint density at radius 3 is 2.42 bits per heavy atom. The summed E-state index contributed by atoms with van der Waals surface area (Å²) in [5.41, 5.74) is -0.582. The van der Waals surface area contributed by atoms with E-state index < -0.39 is 21.5 Å². The van der Waals surface area contributed by atoms with Crippen LogP contribution in [0.25, 0.3) is 0 Å². The molecule has 1 heterocycles. The van der Waals surface area contributed by atoms with Gasteiger partial charge in [-0.3, -0.25) is 0 Å². The fourth-order valence-electron chi connectivity index (χ4n) is 1.89. The number of carbonyl (C=O) groups is 1. The van der Waals surface area contributed by atoms with E-state index in [2.05, 4.69) is 4.72 Å². The van der Waals surface area contributed by atoms with Gasteiger partial charge in [0.15, 0.2) is 0 Å². The second-order valence-electron chi connectivity index (χ2n) is 5.86. The highest BCUT2D eigenvalue weighted by atomic mass is 32.2. The second-order valence-corrected chi connectivity index (χ2v) is 7.54. The standard InChI is InChI=1S/C12H18N2O4S/c1-12(2,3)13-19(17,18)9-6-10(11(15)16)14(7-9)8-4-5-8/h6-8,13H,4-5H2,1-3H3,(H,15,16). The van der Waals surface area contributed by atoms with E-state index >= 15 is 0 Å². The number of nitrogens with one attached hydrogen (secondary N) is 1. The molecular formula is C12H18N2O4S. The highest BCUT2D eigenvalue weighted by Gasteiger charge is 2.31. The number of carboxylic acid groups (broad SMARTS) is 1. The van der Waals surface area contributed by atoms with Crippen molar-refractivity contribution >= 4 is 16.0 Å². The van der Waals surface area contributed by atoms with E-state index in [0.717, 1.165) is 12.8 Å². The van der Waals surface area contributed by atoms with Gasteiger partial charge in [0.05, 0.1) is 0 Å². The molecule has 1 aliphatic rings. The maximum absolute atomic E-state index is 12.2. The third kappa shape index (κ3) is 3.16. The van der Waals surface area contributed by atoms with Crippen LogP contribution in [0, 0.1) is 0 Å². The van der Waals surface area contributed by atoms with E-state index in [1.165, 1.54) is 12.3 Å². The van der Waals surface area contributed by atoms with Crippen molar-refractivity contribution in [3.63, 3.8) is 0 Å². The number of hydrogen-bond acceptors (Lipinski definition) is 3. The molecule has 1 fully saturated rings. The number of aromatic carboxylic acids is 1. The van der Waals surface area contributed by atoms with Crippen molar-refractivity contribution in [3.8, 4) is 0 Å². The Morgan fingerprint density at radius 1 is 1.42 bits per heavy atom. The van der Waals surface area contributed by atoms with Crippen molar-refractivity contribution in [1.29, 1.82) is 0 Å². The normalized spacial score (nSPS) is 16.6. The Morgan fingerprint density at radius 2 is 2.00 bits per heavy atom. The quantitative estimate of drug-likeness (QED) is 0.880. The van der Waals surface area contributed by atoms with Crippen molar-refractivity contribution in [1.82, 2.24) is 9.29 Å². The molecule has 0 spiro atoms. The van der Waals surface area contributed by atoms with E-state index in [1.807, 2.05) is 0 Å². The lowest BCUT2D eigenvalue weighted by molar-refractivity contribution is 0.0685. The van der Waals surface area contributed by atoms with Gasteiger partial charge in [-0.1, -0.05) is 0 Å². The molecule has 1 aromatic heterocycles. The molecule has 0 saturated heterocycles. The Hall–Kier alpha value is -1.34. The maximum Gasteiger partial charge on any atom is 0.352 e. The summed E-state index contributed by atoms with van der Waals surface area (Å²) in [6, 6.07) is 1.33. The minimum Gasteiger partial charge on any atom is -0.477 e. The number of rotatable bonds is 4. The molecule has 2 N–H and O–H groups in total. The van der Waals surface area contributed by atoms with Gasteiger partial charge in [0.25, 0.3) is 0 Å². The van der Waals surface area contributed by atoms with E-state index in [-0.39, 0.29) is 16.6 Å². The number of aromatic nitrogens is 1. The highest BCUT2D eigenvalue weighted by Crippen LogP contribution is 2.37. The third-order valence-electron chi connectivity index (χ3n) is 2.73. The molecule has 0 bridgehead atoms. The van der Waals surface area contributed by atoms with Crippen molar-refractivity contribution in [2.24, 2.45) is 0 Å². The highest BCUT2D eigenvalue weighted by molar-refractivity contribution is 7.89. The van der Waals surface area contributed by atoms with Crippen LogP contribution in [0.4, 0.5) is 0 Å². The molecular weight excluding hydrogens is 268 g/mol. The topological polar surface area (TPSA) is 88.4 Å². The molecule has 0 unspecified atom stereocenters. The van der Waals surface area contributed by atoms with Gasteiger partial charge in [0.2, 0.25) is 10.0 Å². The fourth-order valence-corrected chi connectivity index (χ4v) is 3.33. The first-order valence-corrected chi connectivity index (χ1v) is 7.58. The molecule has 0 radical (unpaired) electrons. The predicted octanol–water partition coefficient (Wildman–Crippen LogP) is 1.60. The smallest absolute Gasteiger partial charge is 0.352 e. The summed E-state index contributed by atoms with van der Waals surface area (Å²) in [6.07, 6.45) is 3.19.